The van der Waals surface area contributed by atoms with E-state index in [0.717, 1.165) is 43.0 Å². The number of fused-ring (bicyclic) bond motifs is 3. The van der Waals surface area contributed by atoms with Crippen LogP contribution < -0.4 is 0 Å². The normalized spacial score (nSPS) is 20.2. The molecule has 1 aliphatic carbocycles. The summed E-state index contributed by atoms with van der Waals surface area (Å²) in [7, 11) is 0. The van der Waals surface area contributed by atoms with Crippen molar-refractivity contribution in [3.05, 3.63) is 34.5 Å². The summed E-state index contributed by atoms with van der Waals surface area (Å²) in [6.07, 6.45) is 5.79. The molecule has 1 amide bonds. The highest BCUT2D eigenvalue weighted by Gasteiger charge is 2.34. The average molecular weight is 347 g/mol. The van der Waals surface area contributed by atoms with Crippen LogP contribution in [0.25, 0.3) is 10.9 Å². The van der Waals surface area contributed by atoms with Gasteiger partial charge in [0.25, 0.3) is 0 Å². The number of nitrogens with one attached hydrogen (secondary N) is 1. The maximum atomic E-state index is 12.7. The molecule has 5 heteroatoms. The molecule has 4 nitrogen and oxygen atoms in total. The second-order valence-electron chi connectivity index (χ2n) is 7.30. The number of hydrogen-bond donors (Lipinski definition) is 2. The van der Waals surface area contributed by atoms with Crippen LogP contribution >= 0.6 is 11.6 Å². The predicted octanol–water partition coefficient (Wildman–Crippen LogP) is 3.79. The highest BCUT2D eigenvalue weighted by Crippen LogP contribution is 2.33. The van der Waals surface area contributed by atoms with Crippen LogP contribution in [-0.4, -0.2) is 33.0 Å². The van der Waals surface area contributed by atoms with Crippen LogP contribution in [0.3, 0.4) is 0 Å². The van der Waals surface area contributed by atoms with Gasteiger partial charge < -0.3 is 15.0 Å². The van der Waals surface area contributed by atoms with Gasteiger partial charge in [-0.15, -0.1) is 0 Å². The van der Waals surface area contributed by atoms with Crippen molar-refractivity contribution in [2.75, 3.05) is 6.54 Å². The number of aliphatic hydroxyl groups is 1. The lowest BCUT2D eigenvalue weighted by molar-refractivity contribution is -0.138. The Bertz CT molecular complexity index is 777. The second kappa shape index (κ2) is 6.08. The zero-order valence-corrected chi connectivity index (χ0v) is 14.5. The minimum absolute atomic E-state index is 0.0708. The lowest BCUT2D eigenvalue weighted by Gasteiger charge is -2.35. The molecule has 1 saturated carbocycles. The molecule has 24 heavy (non-hydrogen) atoms. The van der Waals surface area contributed by atoms with Crippen LogP contribution in [0.2, 0.25) is 5.02 Å². The lowest BCUT2D eigenvalue weighted by atomic mass is 9.82. The fraction of sp³-hybridized carbons (Fsp3) is 0.526. The number of H-pyrrole nitrogens is 1. The molecule has 1 aliphatic heterocycles. The van der Waals surface area contributed by atoms with Crippen LogP contribution in [0, 0.1) is 0 Å². The topological polar surface area (TPSA) is 56.3 Å². The number of nitrogens with zero attached hydrogens (tertiary/aromatic N) is 1. The molecule has 2 aliphatic rings. The Morgan fingerprint density at radius 1 is 1.29 bits per heavy atom. The van der Waals surface area contributed by atoms with Crippen molar-refractivity contribution in [3.63, 3.8) is 0 Å². The van der Waals surface area contributed by atoms with Gasteiger partial charge in [0.2, 0.25) is 5.91 Å². The molecule has 1 fully saturated rings. The quantitative estimate of drug-likeness (QED) is 0.869. The van der Waals surface area contributed by atoms with Crippen molar-refractivity contribution < 1.29 is 9.90 Å². The average Bonchev–Trinajstić information content (AvgIpc) is 2.92. The second-order valence-corrected chi connectivity index (χ2v) is 7.74. The van der Waals surface area contributed by atoms with Gasteiger partial charge >= 0.3 is 0 Å². The molecular weight excluding hydrogens is 324 g/mol. The largest absolute Gasteiger partial charge is 0.389 e. The number of halogens is 1. The zero-order valence-electron chi connectivity index (χ0n) is 13.8. The third kappa shape index (κ3) is 2.93. The summed E-state index contributed by atoms with van der Waals surface area (Å²) < 4.78 is 0. The summed E-state index contributed by atoms with van der Waals surface area (Å²) in [6.45, 7) is 1.31. The maximum Gasteiger partial charge on any atom is 0.225 e. The minimum atomic E-state index is -0.793. The fourth-order valence-corrected chi connectivity index (χ4v) is 4.35. The lowest BCUT2D eigenvalue weighted by Crippen LogP contribution is -2.42. The Morgan fingerprint density at radius 2 is 2.08 bits per heavy atom. The van der Waals surface area contributed by atoms with Gasteiger partial charge in [0.15, 0.2) is 0 Å². The summed E-state index contributed by atoms with van der Waals surface area (Å²) >= 11 is 6.14. The Labute approximate surface area is 146 Å². The standard InChI is InChI=1S/C19H23ClN2O2/c20-13-4-5-16-14(10-13)15-12-22(9-6-17(15)21-16)18(23)11-19(24)7-2-1-3-8-19/h4-5,10,21,24H,1-3,6-9,11-12H2. The molecule has 1 aromatic carbocycles. The first kappa shape index (κ1) is 16.0. The number of benzene rings is 1. The van der Waals surface area contributed by atoms with Crippen molar-refractivity contribution in [2.45, 2.75) is 57.1 Å². The molecule has 0 atom stereocenters. The first-order chi connectivity index (χ1) is 11.5. The van der Waals surface area contributed by atoms with E-state index in [2.05, 4.69) is 4.98 Å². The number of carbonyl (C=O) groups excluding carboxylic acids is 1. The van der Waals surface area contributed by atoms with Crippen LogP contribution in [0.5, 0.6) is 0 Å². The molecular formula is C19H23ClN2O2. The van der Waals surface area contributed by atoms with Gasteiger partial charge in [-0.05, 0) is 31.0 Å². The zero-order chi connectivity index (χ0) is 16.7. The van der Waals surface area contributed by atoms with E-state index in [0.29, 0.717) is 18.1 Å². The van der Waals surface area contributed by atoms with Gasteiger partial charge in [-0.3, -0.25) is 4.79 Å². The number of carbonyl (C=O) groups is 1. The fourth-order valence-electron chi connectivity index (χ4n) is 4.18. The SMILES string of the molecule is O=C(CC1(O)CCCCC1)N1CCc2[nH]c3ccc(Cl)cc3c2C1. The van der Waals surface area contributed by atoms with Crippen molar-refractivity contribution >= 4 is 28.4 Å². The first-order valence-electron chi connectivity index (χ1n) is 8.83. The number of rotatable bonds is 2. The number of aromatic nitrogens is 1. The Morgan fingerprint density at radius 3 is 2.88 bits per heavy atom. The molecule has 2 N–H and O–H groups in total. The van der Waals surface area contributed by atoms with Gasteiger partial charge in [0, 0.05) is 46.7 Å². The highest BCUT2D eigenvalue weighted by atomic mass is 35.5. The van der Waals surface area contributed by atoms with E-state index in [1.54, 1.807) is 0 Å². The van der Waals surface area contributed by atoms with Crippen molar-refractivity contribution in [1.29, 1.82) is 0 Å². The molecule has 1 aromatic heterocycles. The predicted molar refractivity (Wildman–Crippen MR) is 95.1 cm³/mol. The van der Waals surface area contributed by atoms with Crippen LogP contribution in [0.1, 0.15) is 49.8 Å². The van der Waals surface area contributed by atoms with Crippen LogP contribution in [-0.2, 0) is 17.8 Å². The monoisotopic (exact) mass is 346 g/mol. The van der Waals surface area contributed by atoms with E-state index >= 15 is 0 Å². The number of aromatic amines is 1. The summed E-state index contributed by atoms with van der Waals surface area (Å²) in [5.74, 6) is 0.0708. The van der Waals surface area contributed by atoms with E-state index < -0.39 is 5.60 Å². The molecule has 2 aromatic rings. The van der Waals surface area contributed by atoms with Crippen LogP contribution in [0.15, 0.2) is 18.2 Å². The minimum Gasteiger partial charge on any atom is -0.389 e. The molecule has 4 rings (SSSR count). The number of amides is 1. The van der Waals surface area contributed by atoms with Crippen molar-refractivity contribution in [1.82, 2.24) is 9.88 Å². The van der Waals surface area contributed by atoms with Gasteiger partial charge in [-0.1, -0.05) is 30.9 Å². The molecule has 128 valence electrons. The number of hydrogen-bond acceptors (Lipinski definition) is 2. The molecule has 0 unspecified atom stereocenters. The summed E-state index contributed by atoms with van der Waals surface area (Å²) in [4.78, 5) is 18.1. The Balaban J connectivity index is 1.54. The van der Waals surface area contributed by atoms with E-state index in [9.17, 15) is 9.90 Å². The third-order valence-corrected chi connectivity index (χ3v) is 5.79. The first-order valence-corrected chi connectivity index (χ1v) is 9.21. The summed E-state index contributed by atoms with van der Waals surface area (Å²) in [5.41, 5.74) is 2.65. The van der Waals surface area contributed by atoms with Crippen molar-refractivity contribution in [2.24, 2.45) is 0 Å². The van der Waals surface area contributed by atoms with Gasteiger partial charge in [0.05, 0.1) is 12.0 Å². The molecule has 0 radical (unpaired) electrons. The van der Waals surface area contributed by atoms with Crippen molar-refractivity contribution in [3.8, 4) is 0 Å². The molecule has 2 heterocycles. The van der Waals surface area contributed by atoms with Gasteiger partial charge in [-0.25, -0.2) is 0 Å². The van der Waals surface area contributed by atoms with Gasteiger partial charge in [-0.2, -0.15) is 0 Å². The molecule has 0 bridgehead atoms. The summed E-state index contributed by atoms with van der Waals surface area (Å²) in [6, 6.07) is 5.84. The Kier molecular flexibility index (Phi) is 4.05. The van der Waals surface area contributed by atoms with E-state index in [-0.39, 0.29) is 12.3 Å². The van der Waals surface area contributed by atoms with E-state index in [4.69, 9.17) is 11.6 Å². The highest BCUT2D eigenvalue weighted by molar-refractivity contribution is 6.31. The Hall–Kier alpha value is -1.52. The molecule has 0 saturated heterocycles. The van der Waals surface area contributed by atoms with Crippen LogP contribution in [0.4, 0.5) is 0 Å². The third-order valence-electron chi connectivity index (χ3n) is 5.55. The van der Waals surface area contributed by atoms with E-state index in [1.807, 2.05) is 23.1 Å². The van der Waals surface area contributed by atoms with E-state index in [1.165, 1.54) is 17.7 Å². The maximum absolute atomic E-state index is 12.7. The summed E-state index contributed by atoms with van der Waals surface area (Å²) in [5, 5.41) is 12.5. The smallest absolute Gasteiger partial charge is 0.225 e. The molecule has 0 spiro atoms. The van der Waals surface area contributed by atoms with Gasteiger partial charge in [0.1, 0.15) is 0 Å².